The summed E-state index contributed by atoms with van der Waals surface area (Å²) in [6, 6.07) is 15.1. The van der Waals surface area contributed by atoms with Crippen LogP contribution in [0.4, 0.5) is 5.82 Å². The molecule has 0 spiro atoms. The smallest absolute Gasteiger partial charge is 0.254 e. The standard InChI is InChI=1S/C33H41N5O3/c1-35-16-11-25(12-17-35)36(2)32-20-28(33(39)38-15-5-6-26(38)21-37-13-3-4-14-37)27-18-23(7-9-29(27)34-32)24-8-10-30-31(19-24)41-22-40-30/h7-10,18-20,25-26H,3-6,11-17,21-22H2,1-2H3/t26-/m0/s1. The Morgan fingerprint density at radius 3 is 2.49 bits per heavy atom. The number of amides is 1. The first-order valence-electron chi connectivity index (χ1n) is 15.3. The lowest BCUT2D eigenvalue weighted by Crippen LogP contribution is -2.43. The zero-order chi connectivity index (χ0) is 27.9. The van der Waals surface area contributed by atoms with E-state index in [0.29, 0.717) is 6.04 Å². The largest absolute Gasteiger partial charge is 0.454 e. The molecule has 3 aromatic rings. The Balaban J connectivity index is 1.27. The molecule has 4 aliphatic rings. The van der Waals surface area contributed by atoms with Gasteiger partial charge >= 0.3 is 0 Å². The van der Waals surface area contributed by atoms with Crippen LogP contribution in [0, 0.1) is 0 Å². The Labute approximate surface area is 242 Å². The van der Waals surface area contributed by atoms with Crippen molar-refractivity contribution < 1.29 is 14.3 Å². The quantitative estimate of drug-likeness (QED) is 0.431. The minimum atomic E-state index is 0.139. The Kier molecular flexibility index (Phi) is 7.21. The fourth-order valence-electron chi connectivity index (χ4n) is 7.11. The van der Waals surface area contributed by atoms with Crippen molar-refractivity contribution in [3.8, 4) is 22.6 Å². The molecule has 8 heteroatoms. The molecule has 1 atom stereocenters. The van der Waals surface area contributed by atoms with Gasteiger partial charge in [-0.05, 0) is 113 Å². The van der Waals surface area contributed by atoms with Crippen molar-refractivity contribution in [3.63, 3.8) is 0 Å². The molecule has 1 amide bonds. The Morgan fingerprint density at radius 2 is 1.66 bits per heavy atom. The number of likely N-dealkylation sites (tertiary alicyclic amines) is 3. The number of aromatic nitrogens is 1. The van der Waals surface area contributed by atoms with Crippen LogP contribution in [0.25, 0.3) is 22.0 Å². The molecule has 0 N–H and O–H groups in total. The van der Waals surface area contributed by atoms with Crippen molar-refractivity contribution in [1.29, 1.82) is 0 Å². The van der Waals surface area contributed by atoms with E-state index < -0.39 is 0 Å². The highest BCUT2D eigenvalue weighted by Crippen LogP contribution is 2.38. The molecule has 0 saturated carbocycles. The van der Waals surface area contributed by atoms with E-state index in [0.717, 1.165) is 110 Å². The summed E-state index contributed by atoms with van der Waals surface area (Å²) in [6.45, 7) is 6.53. The van der Waals surface area contributed by atoms with Crippen LogP contribution in [0.2, 0.25) is 0 Å². The first-order valence-corrected chi connectivity index (χ1v) is 15.3. The van der Waals surface area contributed by atoms with Gasteiger partial charge in [0.1, 0.15) is 5.82 Å². The first-order chi connectivity index (χ1) is 20.0. The molecule has 216 valence electrons. The van der Waals surface area contributed by atoms with Gasteiger partial charge in [-0.2, -0.15) is 0 Å². The van der Waals surface area contributed by atoms with Crippen LogP contribution in [0.3, 0.4) is 0 Å². The van der Waals surface area contributed by atoms with Gasteiger partial charge in [-0.3, -0.25) is 4.79 Å². The van der Waals surface area contributed by atoms with Gasteiger partial charge in [0.15, 0.2) is 11.5 Å². The van der Waals surface area contributed by atoms with Crippen LogP contribution in [0.1, 0.15) is 48.9 Å². The normalized spacial score (nSPS) is 21.7. The van der Waals surface area contributed by atoms with Crippen molar-refractivity contribution in [2.45, 2.75) is 50.6 Å². The van der Waals surface area contributed by atoms with E-state index in [1.807, 2.05) is 12.1 Å². The lowest BCUT2D eigenvalue weighted by molar-refractivity contribution is 0.0710. The number of nitrogens with zero attached hydrogens (tertiary/aromatic N) is 5. The number of fused-ring (bicyclic) bond motifs is 2. The first kappa shape index (κ1) is 26.5. The molecule has 0 bridgehead atoms. The minimum Gasteiger partial charge on any atom is -0.454 e. The second kappa shape index (κ2) is 11.1. The van der Waals surface area contributed by atoms with Gasteiger partial charge in [0.25, 0.3) is 5.91 Å². The lowest BCUT2D eigenvalue weighted by Gasteiger charge is -2.36. The number of carbonyl (C=O) groups is 1. The van der Waals surface area contributed by atoms with E-state index in [2.05, 4.69) is 64.0 Å². The van der Waals surface area contributed by atoms with Crippen molar-refractivity contribution >= 4 is 22.6 Å². The number of benzene rings is 2. The SMILES string of the molecule is CN1CCC(N(C)c2cc(C(=O)N3CCC[C@H]3CN3CCCC3)c3cc(-c4ccc5c(c4)OCO5)ccc3n2)CC1. The lowest BCUT2D eigenvalue weighted by atomic mass is 9.99. The molecule has 0 unspecified atom stereocenters. The Hall–Kier alpha value is -3.36. The maximum absolute atomic E-state index is 14.5. The van der Waals surface area contributed by atoms with Gasteiger partial charge in [-0.25, -0.2) is 4.98 Å². The molecule has 8 nitrogen and oxygen atoms in total. The molecule has 3 fully saturated rings. The molecule has 41 heavy (non-hydrogen) atoms. The zero-order valence-corrected chi connectivity index (χ0v) is 24.3. The number of pyridine rings is 1. The topological polar surface area (TPSA) is 61.4 Å². The average molecular weight is 556 g/mol. The van der Waals surface area contributed by atoms with Gasteiger partial charge in [0, 0.05) is 37.6 Å². The second-order valence-corrected chi connectivity index (χ2v) is 12.3. The summed E-state index contributed by atoms with van der Waals surface area (Å²) in [5.74, 6) is 2.56. The monoisotopic (exact) mass is 555 g/mol. The summed E-state index contributed by atoms with van der Waals surface area (Å²) in [5.41, 5.74) is 3.71. The highest BCUT2D eigenvalue weighted by Gasteiger charge is 2.33. The fraction of sp³-hybridized carbons (Fsp3) is 0.515. The van der Waals surface area contributed by atoms with Crippen molar-refractivity contribution in [3.05, 3.63) is 48.0 Å². The Bertz CT molecular complexity index is 1430. The van der Waals surface area contributed by atoms with E-state index in [-0.39, 0.29) is 18.7 Å². The van der Waals surface area contributed by atoms with Crippen LogP contribution in [0.15, 0.2) is 42.5 Å². The molecule has 0 radical (unpaired) electrons. The summed E-state index contributed by atoms with van der Waals surface area (Å²) in [4.78, 5) is 29.0. The third kappa shape index (κ3) is 5.24. The van der Waals surface area contributed by atoms with Crippen molar-refractivity contribution in [1.82, 2.24) is 19.7 Å². The fourth-order valence-corrected chi connectivity index (χ4v) is 7.11. The molecule has 7 rings (SSSR count). The van der Waals surface area contributed by atoms with Gasteiger partial charge in [0.05, 0.1) is 11.1 Å². The summed E-state index contributed by atoms with van der Waals surface area (Å²) < 4.78 is 11.2. The number of piperidine rings is 1. The van der Waals surface area contributed by atoms with Crippen LogP contribution < -0.4 is 14.4 Å². The third-order valence-corrected chi connectivity index (χ3v) is 9.63. The summed E-state index contributed by atoms with van der Waals surface area (Å²) >= 11 is 0. The predicted octanol–water partition coefficient (Wildman–Crippen LogP) is 4.86. The van der Waals surface area contributed by atoms with Crippen LogP contribution in [-0.2, 0) is 0 Å². The number of hydrogen-bond donors (Lipinski definition) is 0. The highest BCUT2D eigenvalue weighted by atomic mass is 16.7. The van der Waals surface area contributed by atoms with Crippen LogP contribution in [0.5, 0.6) is 11.5 Å². The number of anilines is 1. The second-order valence-electron chi connectivity index (χ2n) is 12.3. The molecule has 4 aliphatic heterocycles. The van der Waals surface area contributed by atoms with E-state index >= 15 is 0 Å². The van der Waals surface area contributed by atoms with Gasteiger partial charge in [-0.15, -0.1) is 0 Å². The maximum atomic E-state index is 14.5. The van der Waals surface area contributed by atoms with Gasteiger partial charge < -0.3 is 29.1 Å². The average Bonchev–Trinajstić information content (AvgIpc) is 3.78. The summed E-state index contributed by atoms with van der Waals surface area (Å²) in [7, 11) is 4.33. The molecule has 3 saturated heterocycles. The Morgan fingerprint density at radius 1 is 0.902 bits per heavy atom. The van der Waals surface area contributed by atoms with E-state index in [1.54, 1.807) is 0 Å². The predicted molar refractivity (Wildman–Crippen MR) is 162 cm³/mol. The third-order valence-electron chi connectivity index (χ3n) is 9.63. The molecule has 2 aromatic carbocycles. The van der Waals surface area contributed by atoms with Gasteiger partial charge in [0.2, 0.25) is 6.79 Å². The number of ether oxygens (including phenoxy) is 2. The molecule has 5 heterocycles. The van der Waals surface area contributed by atoms with E-state index in [1.165, 1.54) is 12.8 Å². The van der Waals surface area contributed by atoms with E-state index in [4.69, 9.17) is 14.5 Å². The van der Waals surface area contributed by atoms with Gasteiger partial charge in [-0.1, -0.05) is 12.1 Å². The highest BCUT2D eigenvalue weighted by molar-refractivity contribution is 6.08. The molecular weight excluding hydrogens is 514 g/mol. The summed E-state index contributed by atoms with van der Waals surface area (Å²) in [5, 5.41) is 0.914. The molecule has 0 aliphatic carbocycles. The summed E-state index contributed by atoms with van der Waals surface area (Å²) in [6.07, 6.45) is 6.89. The minimum absolute atomic E-state index is 0.139. The van der Waals surface area contributed by atoms with E-state index in [9.17, 15) is 4.79 Å². The number of rotatable bonds is 6. The molecule has 1 aromatic heterocycles. The van der Waals surface area contributed by atoms with Crippen LogP contribution in [-0.4, -0.2) is 97.8 Å². The van der Waals surface area contributed by atoms with Crippen molar-refractivity contribution in [2.75, 3.05) is 65.1 Å². The van der Waals surface area contributed by atoms with Crippen molar-refractivity contribution in [2.24, 2.45) is 0 Å². The zero-order valence-electron chi connectivity index (χ0n) is 24.3. The number of carbonyl (C=O) groups excluding carboxylic acids is 1. The molecular formula is C33H41N5O3. The van der Waals surface area contributed by atoms with Crippen LogP contribution >= 0.6 is 0 Å². The number of hydrogen-bond acceptors (Lipinski definition) is 7. The maximum Gasteiger partial charge on any atom is 0.254 e.